The highest BCUT2D eigenvalue weighted by Crippen LogP contribution is 2.31. The molecule has 1 aromatic heterocycles. The van der Waals surface area contributed by atoms with Gasteiger partial charge in [0, 0.05) is 20.1 Å². The first kappa shape index (κ1) is 12.8. The Morgan fingerprint density at radius 3 is 2.89 bits per heavy atom. The summed E-state index contributed by atoms with van der Waals surface area (Å²) in [7, 11) is 1.70. The van der Waals surface area contributed by atoms with E-state index in [1.54, 1.807) is 7.05 Å². The van der Waals surface area contributed by atoms with Gasteiger partial charge in [-0.2, -0.15) is 5.10 Å². The minimum Gasteiger partial charge on any atom is -0.390 e. The van der Waals surface area contributed by atoms with E-state index in [2.05, 4.69) is 5.10 Å². The van der Waals surface area contributed by atoms with Crippen molar-refractivity contribution in [1.29, 1.82) is 0 Å². The first-order chi connectivity index (χ1) is 8.41. The van der Waals surface area contributed by atoms with Crippen molar-refractivity contribution in [3.05, 3.63) is 16.3 Å². The van der Waals surface area contributed by atoms with Crippen molar-refractivity contribution in [2.45, 2.75) is 31.8 Å². The van der Waals surface area contributed by atoms with Gasteiger partial charge in [-0.15, -0.1) is 0 Å². The fourth-order valence-electron chi connectivity index (χ4n) is 2.39. The summed E-state index contributed by atoms with van der Waals surface area (Å²) in [5.74, 6) is 0.526. The van der Waals surface area contributed by atoms with Gasteiger partial charge in [0.2, 0.25) is 5.82 Å². The number of aromatic nitrogens is 2. The monoisotopic (exact) mass is 254 g/mol. The van der Waals surface area contributed by atoms with E-state index in [0.29, 0.717) is 25.3 Å². The molecule has 1 unspecified atom stereocenters. The molecular weight excluding hydrogens is 236 g/mol. The highest BCUT2D eigenvalue weighted by Gasteiger charge is 2.30. The van der Waals surface area contributed by atoms with Gasteiger partial charge in [0.25, 0.3) is 0 Å². The van der Waals surface area contributed by atoms with Crippen molar-refractivity contribution in [3.8, 4) is 0 Å². The van der Waals surface area contributed by atoms with Gasteiger partial charge in [-0.25, -0.2) is 4.68 Å². The minimum atomic E-state index is -0.678. The predicted molar refractivity (Wildman–Crippen MR) is 66.6 cm³/mol. The summed E-state index contributed by atoms with van der Waals surface area (Å²) in [6, 6.07) is 0. The fourth-order valence-corrected chi connectivity index (χ4v) is 2.39. The van der Waals surface area contributed by atoms with Crippen LogP contribution in [0, 0.1) is 10.1 Å². The molecule has 1 aliphatic heterocycles. The van der Waals surface area contributed by atoms with Crippen molar-refractivity contribution < 1.29 is 10.0 Å². The highest BCUT2D eigenvalue weighted by molar-refractivity contribution is 5.57. The van der Waals surface area contributed by atoms with E-state index >= 15 is 0 Å². The molecule has 0 saturated carbocycles. The van der Waals surface area contributed by atoms with Crippen LogP contribution in [0.25, 0.3) is 0 Å². The fraction of sp³-hybridized carbons (Fsp3) is 0.727. The molecule has 1 fully saturated rings. The molecule has 7 heteroatoms. The van der Waals surface area contributed by atoms with Gasteiger partial charge < -0.3 is 10.0 Å². The van der Waals surface area contributed by atoms with E-state index in [1.807, 2.05) is 11.8 Å². The molecule has 1 aromatic rings. The third-order valence-electron chi connectivity index (χ3n) is 3.45. The highest BCUT2D eigenvalue weighted by atomic mass is 16.6. The maximum Gasteiger partial charge on any atom is 0.331 e. The van der Waals surface area contributed by atoms with Gasteiger partial charge in [-0.3, -0.25) is 10.1 Å². The third-order valence-corrected chi connectivity index (χ3v) is 3.45. The average molecular weight is 254 g/mol. The molecule has 2 rings (SSSR count). The van der Waals surface area contributed by atoms with Crippen molar-refractivity contribution in [2.24, 2.45) is 7.05 Å². The van der Waals surface area contributed by atoms with E-state index in [4.69, 9.17) is 0 Å². The van der Waals surface area contributed by atoms with Crippen LogP contribution in [-0.2, 0) is 7.05 Å². The number of aryl methyl sites for hydroxylation is 1. The second-order valence-corrected chi connectivity index (χ2v) is 5.07. The third kappa shape index (κ3) is 2.45. The molecular formula is C11H18N4O3. The maximum atomic E-state index is 11.0. The molecule has 18 heavy (non-hydrogen) atoms. The van der Waals surface area contributed by atoms with Crippen LogP contribution in [0.5, 0.6) is 0 Å². The van der Waals surface area contributed by atoms with Crippen LogP contribution in [0.2, 0.25) is 0 Å². The Balaban J connectivity index is 2.26. The van der Waals surface area contributed by atoms with Crippen molar-refractivity contribution in [1.82, 2.24) is 9.78 Å². The first-order valence-electron chi connectivity index (χ1n) is 6.04. The Morgan fingerprint density at radius 1 is 1.50 bits per heavy atom. The van der Waals surface area contributed by atoms with Gasteiger partial charge in [0.1, 0.15) is 6.20 Å². The van der Waals surface area contributed by atoms with Gasteiger partial charge in [-0.1, -0.05) is 0 Å². The number of hydrogen-bond acceptors (Lipinski definition) is 5. The molecule has 0 aromatic carbocycles. The number of rotatable bonds is 2. The number of aliphatic hydroxyl groups is 1. The summed E-state index contributed by atoms with van der Waals surface area (Å²) in [6.07, 6.45) is 3.41. The number of anilines is 1. The zero-order chi connectivity index (χ0) is 13.3. The van der Waals surface area contributed by atoms with E-state index in [-0.39, 0.29) is 5.69 Å². The quantitative estimate of drug-likeness (QED) is 0.630. The van der Waals surface area contributed by atoms with E-state index in [1.165, 1.54) is 10.9 Å². The van der Waals surface area contributed by atoms with E-state index < -0.39 is 10.5 Å². The molecule has 7 nitrogen and oxygen atoms in total. The standard InChI is InChI=1S/C11H18N4O3/c1-11(16)4-3-6-14(7-5-11)10-9(15(17)18)8-12-13(10)2/h8,16H,3-7H2,1-2H3. The Labute approximate surface area is 105 Å². The molecule has 0 aliphatic carbocycles. The van der Waals surface area contributed by atoms with Crippen LogP contribution < -0.4 is 4.90 Å². The molecule has 0 bridgehead atoms. The molecule has 1 N–H and O–H groups in total. The van der Waals surface area contributed by atoms with Crippen molar-refractivity contribution in [3.63, 3.8) is 0 Å². The largest absolute Gasteiger partial charge is 0.390 e. The second-order valence-electron chi connectivity index (χ2n) is 5.07. The average Bonchev–Trinajstić information content (AvgIpc) is 2.56. The van der Waals surface area contributed by atoms with Crippen LogP contribution in [0.4, 0.5) is 11.5 Å². The Morgan fingerprint density at radius 2 is 2.22 bits per heavy atom. The van der Waals surface area contributed by atoms with E-state index in [0.717, 1.165) is 12.8 Å². The zero-order valence-electron chi connectivity index (χ0n) is 10.7. The Kier molecular flexibility index (Phi) is 3.25. The number of nitrogens with zero attached hydrogens (tertiary/aromatic N) is 4. The Bertz CT molecular complexity index is 455. The van der Waals surface area contributed by atoms with Gasteiger partial charge in [0.05, 0.1) is 10.5 Å². The van der Waals surface area contributed by atoms with Crippen LogP contribution in [0.1, 0.15) is 26.2 Å². The summed E-state index contributed by atoms with van der Waals surface area (Å²) in [6.45, 7) is 3.12. The van der Waals surface area contributed by atoms with Gasteiger partial charge in [0.15, 0.2) is 0 Å². The molecule has 1 atom stereocenters. The lowest BCUT2D eigenvalue weighted by molar-refractivity contribution is -0.384. The zero-order valence-corrected chi connectivity index (χ0v) is 10.7. The predicted octanol–water partition coefficient (Wildman–Crippen LogP) is 1.07. The van der Waals surface area contributed by atoms with Crippen molar-refractivity contribution in [2.75, 3.05) is 18.0 Å². The normalized spacial score (nSPS) is 24.9. The summed E-state index contributed by atoms with van der Waals surface area (Å²) in [5, 5.41) is 25.0. The summed E-state index contributed by atoms with van der Waals surface area (Å²) in [5.41, 5.74) is -0.652. The summed E-state index contributed by atoms with van der Waals surface area (Å²) in [4.78, 5) is 12.5. The summed E-state index contributed by atoms with van der Waals surface area (Å²) >= 11 is 0. The van der Waals surface area contributed by atoms with Crippen LogP contribution in [-0.4, -0.2) is 38.5 Å². The van der Waals surface area contributed by atoms with Gasteiger partial charge >= 0.3 is 5.69 Å². The molecule has 1 saturated heterocycles. The minimum absolute atomic E-state index is 0.0269. The Hall–Kier alpha value is -1.63. The number of hydrogen-bond donors (Lipinski definition) is 1. The second kappa shape index (κ2) is 4.56. The SMILES string of the molecule is Cn1ncc([N+](=O)[O-])c1N1CCCC(C)(O)CC1. The van der Waals surface area contributed by atoms with Gasteiger partial charge in [-0.05, 0) is 26.2 Å². The molecule has 1 aliphatic rings. The van der Waals surface area contributed by atoms with Crippen LogP contribution >= 0.6 is 0 Å². The van der Waals surface area contributed by atoms with Crippen LogP contribution in [0.15, 0.2) is 6.20 Å². The molecule has 0 radical (unpaired) electrons. The molecule has 2 heterocycles. The lowest BCUT2D eigenvalue weighted by atomic mass is 9.98. The lowest BCUT2D eigenvalue weighted by Crippen LogP contribution is -2.29. The molecule has 0 spiro atoms. The van der Waals surface area contributed by atoms with Crippen molar-refractivity contribution >= 4 is 11.5 Å². The summed E-state index contributed by atoms with van der Waals surface area (Å²) < 4.78 is 1.53. The smallest absolute Gasteiger partial charge is 0.331 e. The molecule has 100 valence electrons. The molecule has 0 amide bonds. The topological polar surface area (TPSA) is 84.4 Å². The van der Waals surface area contributed by atoms with Crippen LogP contribution in [0.3, 0.4) is 0 Å². The van der Waals surface area contributed by atoms with E-state index in [9.17, 15) is 15.2 Å². The first-order valence-corrected chi connectivity index (χ1v) is 6.04. The lowest BCUT2D eigenvalue weighted by Gasteiger charge is -2.23. The maximum absolute atomic E-state index is 11.0. The number of nitro groups is 1.